The predicted molar refractivity (Wildman–Crippen MR) is 174 cm³/mol. The summed E-state index contributed by atoms with van der Waals surface area (Å²) in [5.74, 6) is -8.98. The van der Waals surface area contributed by atoms with Gasteiger partial charge in [0.15, 0.2) is 0 Å². The van der Waals surface area contributed by atoms with Crippen LogP contribution in [0, 0.1) is 0 Å². The summed E-state index contributed by atoms with van der Waals surface area (Å²) in [7, 11) is 4.91. The lowest BCUT2D eigenvalue weighted by Crippen LogP contribution is -2.56. The quantitative estimate of drug-likeness (QED) is 0.143. The summed E-state index contributed by atoms with van der Waals surface area (Å²) in [5.41, 5.74) is -4.57. The average Bonchev–Trinajstić information content (AvgIpc) is 3.10. The minimum absolute atomic E-state index is 0.168. The van der Waals surface area contributed by atoms with E-state index in [4.69, 9.17) is 18.9 Å². The van der Waals surface area contributed by atoms with Gasteiger partial charge in [-0.15, -0.1) is 0 Å². The van der Waals surface area contributed by atoms with Crippen LogP contribution in [0.2, 0.25) is 0 Å². The molecule has 0 aromatic carbocycles. The van der Waals surface area contributed by atoms with E-state index in [9.17, 15) is 48.6 Å². The summed E-state index contributed by atoms with van der Waals surface area (Å²) in [4.78, 5) is 99.3. The molecule has 0 unspecified atom stereocenters. The molecular formula is C34H30N4O14-2. The molecule has 0 amide bonds. The molecule has 0 bridgehead atoms. The number of carbonyl (C=O) groups excluding carboxylic acids is 4. The summed E-state index contributed by atoms with van der Waals surface area (Å²) in [6.45, 7) is 0. The minimum atomic E-state index is -1.70. The van der Waals surface area contributed by atoms with E-state index in [0.717, 1.165) is 30.4 Å². The van der Waals surface area contributed by atoms with Crippen molar-refractivity contribution >= 4 is 36.0 Å². The van der Waals surface area contributed by atoms with Gasteiger partial charge in [0.1, 0.15) is 11.1 Å². The Morgan fingerprint density at radius 1 is 0.481 bits per heavy atom. The lowest BCUT2D eigenvalue weighted by atomic mass is 9.87. The van der Waals surface area contributed by atoms with Crippen molar-refractivity contribution in [1.29, 1.82) is 0 Å². The number of carbonyl (C=O) groups is 4. The Labute approximate surface area is 292 Å². The molecule has 2 spiro atoms. The van der Waals surface area contributed by atoms with E-state index >= 15 is 0 Å². The third-order valence-corrected chi connectivity index (χ3v) is 8.55. The van der Waals surface area contributed by atoms with Crippen molar-refractivity contribution in [3.63, 3.8) is 0 Å². The summed E-state index contributed by atoms with van der Waals surface area (Å²) in [6, 6.07) is 0. The fourth-order valence-electron chi connectivity index (χ4n) is 5.52. The number of rotatable bonds is 6. The van der Waals surface area contributed by atoms with Gasteiger partial charge >= 0.3 is 35.3 Å². The fraction of sp³-hybridized carbons (Fsp3) is 0.294. The Kier molecular flexibility index (Phi) is 9.76. The SMILES string of the molecule is Cn1c([O-])c(/C=C/C=C/C=C2C(=O)OC3(CCC4(CC3)OC(=O)C(=C/C=C/C=C/c3c([O-])n(C)c(=O)n(C)c3=O)C(=O)O4)OC2=O)c(=O)n(C)c1=O. The lowest BCUT2D eigenvalue weighted by molar-refractivity contribution is -0.291. The second-order valence-corrected chi connectivity index (χ2v) is 11.9. The lowest BCUT2D eigenvalue weighted by Gasteiger charge is -2.45. The van der Waals surface area contributed by atoms with E-state index in [0.29, 0.717) is 0 Å². The highest BCUT2D eigenvalue weighted by Gasteiger charge is 2.56. The van der Waals surface area contributed by atoms with Crippen molar-refractivity contribution in [3.8, 4) is 11.8 Å². The molecule has 2 aromatic heterocycles. The Bertz CT molecular complexity index is 2130. The van der Waals surface area contributed by atoms with Crippen molar-refractivity contribution < 1.29 is 48.3 Å². The first-order valence-electron chi connectivity index (χ1n) is 15.5. The van der Waals surface area contributed by atoms with Crippen molar-refractivity contribution in [2.45, 2.75) is 37.3 Å². The van der Waals surface area contributed by atoms with Crippen LogP contribution in [0.1, 0.15) is 36.8 Å². The highest BCUT2D eigenvalue weighted by atomic mass is 16.8. The largest absolute Gasteiger partial charge is 0.859 e. The van der Waals surface area contributed by atoms with E-state index in [1.54, 1.807) is 0 Å². The summed E-state index contributed by atoms with van der Waals surface area (Å²) in [5, 5.41) is 24.5. The van der Waals surface area contributed by atoms with Gasteiger partial charge in [0.2, 0.25) is 0 Å². The maximum absolute atomic E-state index is 12.8. The van der Waals surface area contributed by atoms with Gasteiger partial charge in [-0.1, -0.05) is 36.5 Å². The molecule has 0 radical (unpaired) electrons. The summed E-state index contributed by atoms with van der Waals surface area (Å²) < 4.78 is 24.9. The number of ether oxygens (including phenoxy) is 4. The Balaban J connectivity index is 1.18. The van der Waals surface area contributed by atoms with E-state index in [1.807, 2.05) is 0 Å². The van der Waals surface area contributed by atoms with Crippen LogP contribution < -0.4 is 32.7 Å². The Morgan fingerprint density at radius 3 is 1.10 bits per heavy atom. The molecule has 2 aromatic rings. The van der Waals surface area contributed by atoms with Crippen molar-refractivity contribution in [3.05, 3.63) is 113 Å². The normalized spacial score (nSPS) is 22.2. The molecule has 1 saturated carbocycles. The van der Waals surface area contributed by atoms with Crippen LogP contribution in [-0.4, -0.2) is 53.7 Å². The van der Waals surface area contributed by atoms with Crippen LogP contribution in [0.4, 0.5) is 0 Å². The van der Waals surface area contributed by atoms with Crippen LogP contribution >= 0.6 is 0 Å². The Hall–Kier alpha value is -6.72. The molecule has 0 atom stereocenters. The maximum atomic E-state index is 12.8. The molecule has 2 saturated heterocycles. The van der Waals surface area contributed by atoms with Gasteiger partial charge in [0, 0.05) is 65.0 Å². The van der Waals surface area contributed by atoms with E-state index in [-0.39, 0.29) is 36.8 Å². The van der Waals surface area contributed by atoms with Gasteiger partial charge in [-0.2, -0.15) is 0 Å². The van der Waals surface area contributed by atoms with E-state index in [2.05, 4.69) is 0 Å². The van der Waals surface area contributed by atoms with Gasteiger partial charge in [-0.3, -0.25) is 18.7 Å². The first-order chi connectivity index (χ1) is 24.5. The number of nitrogens with zero attached hydrogens (tertiary/aromatic N) is 4. The zero-order chi connectivity index (χ0) is 38.1. The molecule has 18 heteroatoms. The summed E-state index contributed by atoms with van der Waals surface area (Å²) >= 11 is 0. The molecule has 0 N–H and O–H groups in total. The minimum Gasteiger partial charge on any atom is -0.859 e. The Morgan fingerprint density at radius 2 is 0.788 bits per heavy atom. The topological polar surface area (TPSA) is 239 Å². The van der Waals surface area contributed by atoms with Crippen LogP contribution in [0.25, 0.3) is 12.2 Å². The first kappa shape index (κ1) is 36.6. The molecule has 272 valence electrons. The van der Waals surface area contributed by atoms with Crippen LogP contribution in [0.15, 0.2) is 78.9 Å². The number of esters is 4. The molecular weight excluding hydrogens is 688 g/mol. The van der Waals surface area contributed by atoms with Crippen molar-refractivity contribution in [2.24, 2.45) is 28.2 Å². The zero-order valence-electron chi connectivity index (χ0n) is 28.1. The third-order valence-electron chi connectivity index (χ3n) is 8.55. The van der Waals surface area contributed by atoms with Crippen molar-refractivity contribution in [1.82, 2.24) is 18.3 Å². The smallest absolute Gasteiger partial charge is 0.348 e. The van der Waals surface area contributed by atoms with Gasteiger partial charge in [-0.05, 0) is 36.1 Å². The average molecular weight is 719 g/mol. The molecule has 4 heterocycles. The molecule has 18 nitrogen and oxygen atoms in total. The molecule has 3 fully saturated rings. The highest BCUT2D eigenvalue weighted by Crippen LogP contribution is 2.45. The molecule has 52 heavy (non-hydrogen) atoms. The van der Waals surface area contributed by atoms with E-state index in [1.165, 1.54) is 76.8 Å². The molecule has 2 aliphatic heterocycles. The van der Waals surface area contributed by atoms with Crippen LogP contribution in [0.3, 0.4) is 0 Å². The first-order valence-corrected chi connectivity index (χ1v) is 15.5. The standard InChI is InChI=1S/C34H32N4O14/c1-35-23(39)19(24(40)36(2)31(35)47)11-7-5-9-13-21-27(43)49-33(50-28(21)44)15-17-34(18-16-33)51-29(45)22(30(46)52-34)14-10-6-8-12-20-25(41)37(3)32(48)38(4)26(20)42/h5-14,39,41H,15-18H2,1-4H3/p-2/b9-5+,10-6+,11-7+,12-8+,21-13?,22-14?. The maximum Gasteiger partial charge on any atom is 0.348 e. The van der Waals surface area contributed by atoms with Gasteiger partial charge in [0.25, 0.3) is 22.7 Å². The molecule has 5 rings (SSSR count). The van der Waals surface area contributed by atoms with Gasteiger partial charge in [-0.25, -0.2) is 28.8 Å². The fourth-order valence-corrected chi connectivity index (χ4v) is 5.52. The zero-order valence-corrected chi connectivity index (χ0v) is 28.1. The van der Waals surface area contributed by atoms with Gasteiger partial charge < -0.3 is 38.3 Å². The van der Waals surface area contributed by atoms with E-state index < -0.39 is 80.9 Å². The predicted octanol–water partition coefficient (Wildman–Crippen LogP) is -1.51. The second kappa shape index (κ2) is 13.9. The van der Waals surface area contributed by atoms with Crippen LogP contribution in [0.5, 0.6) is 11.8 Å². The third kappa shape index (κ3) is 6.72. The van der Waals surface area contributed by atoms with Crippen LogP contribution in [-0.2, 0) is 66.3 Å². The summed E-state index contributed by atoms with van der Waals surface area (Å²) in [6.07, 6.45) is 11.7. The van der Waals surface area contributed by atoms with Gasteiger partial charge in [0.05, 0.1) is 0 Å². The monoisotopic (exact) mass is 718 g/mol. The number of aromatic nitrogens is 4. The number of hydrogen-bond donors (Lipinski definition) is 0. The number of allylic oxidation sites excluding steroid dienone is 8. The molecule has 3 aliphatic rings. The highest BCUT2D eigenvalue weighted by molar-refractivity contribution is 6.16. The van der Waals surface area contributed by atoms with Crippen molar-refractivity contribution in [2.75, 3.05) is 0 Å². The molecule has 1 aliphatic carbocycles. The second-order valence-electron chi connectivity index (χ2n) is 11.9. The number of hydrogen-bond acceptors (Lipinski definition) is 14.